The molecule has 0 spiro atoms. The first-order valence-electron chi connectivity index (χ1n) is 6.06. The van der Waals surface area contributed by atoms with Gasteiger partial charge in [-0.05, 0) is 23.4 Å². The molecular formula is C15H17FO. The smallest absolute Gasteiger partial charge is 0.127 e. The number of halogens is 1. The maximum absolute atomic E-state index is 12.0. The first kappa shape index (κ1) is 11.9. The van der Waals surface area contributed by atoms with E-state index in [2.05, 4.69) is 25.1 Å². The van der Waals surface area contributed by atoms with Crippen molar-refractivity contribution in [1.29, 1.82) is 0 Å². The summed E-state index contributed by atoms with van der Waals surface area (Å²) in [5.74, 6) is 0.853. The van der Waals surface area contributed by atoms with Gasteiger partial charge in [0.05, 0.1) is 13.3 Å². The SMILES string of the molecule is CCc1ccc(OCCCF)c2ccccc12. The molecule has 1 nitrogen and oxygen atoms in total. The van der Waals surface area contributed by atoms with Gasteiger partial charge in [-0.3, -0.25) is 4.39 Å². The highest BCUT2D eigenvalue weighted by molar-refractivity contribution is 5.91. The number of fused-ring (bicyclic) bond motifs is 1. The van der Waals surface area contributed by atoms with E-state index in [9.17, 15) is 4.39 Å². The topological polar surface area (TPSA) is 9.23 Å². The van der Waals surface area contributed by atoms with Crippen molar-refractivity contribution in [2.24, 2.45) is 0 Å². The van der Waals surface area contributed by atoms with Gasteiger partial charge in [0.2, 0.25) is 0 Å². The van der Waals surface area contributed by atoms with Crippen LogP contribution in [0.1, 0.15) is 18.9 Å². The number of hydrogen-bond donors (Lipinski definition) is 0. The lowest BCUT2D eigenvalue weighted by molar-refractivity contribution is 0.292. The van der Waals surface area contributed by atoms with E-state index in [1.165, 1.54) is 10.9 Å². The molecule has 0 N–H and O–H groups in total. The monoisotopic (exact) mass is 232 g/mol. The predicted octanol–water partition coefficient (Wildman–Crippen LogP) is 4.14. The van der Waals surface area contributed by atoms with Crippen molar-refractivity contribution in [3.05, 3.63) is 42.0 Å². The Hall–Kier alpha value is -1.57. The van der Waals surface area contributed by atoms with Gasteiger partial charge in [0.15, 0.2) is 0 Å². The van der Waals surface area contributed by atoms with Gasteiger partial charge in [-0.2, -0.15) is 0 Å². The summed E-state index contributed by atoms with van der Waals surface area (Å²) in [6.45, 7) is 2.25. The van der Waals surface area contributed by atoms with Gasteiger partial charge >= 0.3 is 0 Å². The van der Waals surface area contributed by atoms with E-state index in [4.69, 9.17) is 4.74 Å². The Morgan fingerprint density at radius 3 is 2.53 bits per heavy atom. The first-order valence-corrected chi connectivity index (χ1v) is 6.06. The second kappa shape index (κ2) is 5.67. The Bertz CT molecular complexity index is 493. The molecule has 0 fully saturated rings. The highest BCUT2D eigenvalue weighted by Gasteiger charge is 2.05. The molecule has 0 amide bonds. The van der Waals surface area contributed by atoms with Crippen molar-refractivity contribution in [2.75, 3.05) is 13.3 Å². The average molecular weight is 232 g/mol. The fourth-order valence-electron chi connectivity index (χ4n) is 2.00. The molecule has 17 heavy (non-hydrogen) atoms. The van der Waals surface area contributed by atoms with Crippen LogP contribution in [0.4, 0.5) is 4.39 Å². The van der Waals surface area contributed by atoms with Crippen LogP contribution in [0.5, 0.6) is 5.75 Å². The van der Waals surface area contributed by atoms with Crippen molar-refractivity contribution < 1.29 is 9.13 Å². The van der Waals surface area contributed by atoms with E-state index in [1.807, 2.05) is 18.2 Å². The van der Waals surface area contributed by atoms with Gasteiger partial charge in [-0.1, -0.05) is 37.3 Å². The van der Waals surface area contributed by atoms with Crippen molar-refractivity contribution in [3.8, 4) is 5.75 Å². The van der Waals surface area contributed by atoms with Crippen LogP contribution in [0.2, 0.25) is 0 Å². The Morgan fingerprint density at radius 1 is 1.06 bits per heavy atom. The minimum Gasteiger partial charge on any atom is -0.493 e. The molecule has 0 radical (unpaired) electrons. The molecule has 90 valence electrons. The number of rotatable bonds is 5. The molecular weight excluding hydrogens is 215 g/mol. The number of alkyl halides is 1. The molecule has 0 saturated carbocycles. The number of hydrogen-bond acceptors (Lipinski definition) is 1. The molecule has 2 aromatic rings. The molecule has 0 unspecified atom stereocenters. The fourth-order valence-corrected chi connectivity index (χ4v) is 2.00. The lowest BCUT2D eigenvalue weighted by Crippen LogP contribution is -1.99. The van der Waals surface area contributed by atoms with Crippen molar-refractivity contribution in [3.63, 3.8) is 0 Å². The maximum Gasteiger partial charge on any atom is 0.127 e. The van der Waals surface area contributed by atoms with Crippen LogP contribution in [-0.2, 0) is 6.42 Å². The van der Waals surface area contributed by atoms with E-state index >= 15 is 0 Å². The minimum absolute atomic E-state index is 0.328. The van der Waals surface area contributed by atoms with Crippen molar-refractivity contribution in [1.82, 2.24) is 0 Å². The van der Waals surface area contributed by atoms with Gasteiger partial charge in [-0.25, -0.2) is 0 Å². The molecule has 0 atom stereocenters. The predicted molar refractivity (Wildman–Crippen MR) is 69.4 cm³/mol. The van der Waals surface area contributed by atoms with Crippen LogP contribution in [-0.4, -0.2) is 13.3 Å². The maximum atomic E-state index is 12.0. The van der Waals surface area contributed by atoms with Crippen LogP contribution in [0.3, 0.4) is 0 Å². The van der Waals surface area contributed by atoms with E-state index in [0.29, 0.717) is 13.0 Å². The molecule has 0 aliphatic carbocycles. The molecule has 0 aliphatic heterocycles. The quantitative estimate of drug-likeness (QED) is 0.704. The van der Waals surface area contributed by atoms with Crippen molar-refractivity contribution >= 4 is 10.8 Å². The highest BCUT2D eigenvalue weighted by Crippen LogP contribution is 2.28. The summed E-state index contributed by atoms with van der Waals surface area (Å²) in [6.07, 6.45) is 1.45. The van der Waals surface area contributed by atoms with Crippen LogP contribution in [0, 0.1) is 0 Å². The third kappa shape index (κ3) is 2.57. The zero-order valence-corrected chi connectivity index (χ0v) is 10.1. The van der Waals surface area contributed by atoms with E-state index in [0.717, 1.165) is 17.6 Å². The van der Waals surface area contributed by atoms with Crippen LogP contribution < -0.4 is 4.74 Å². The van der Waals surface area contributed by atoms with Gasteiger partial charge < -0.3 is 4.74 Å². The lowest BCUT2D eigenvalue weighted by Gasteiger charge is -2.11. The summed E-state index contributed by atoms with van der Waals surface area (Å²) in [4.78, 5) is 0. The second-order valence-electron chi connectivity index (χ2n) is 4.01. The molecule has 0 bridgehead atoms. The molecule has 2 rings (SSSR count). The summed E-state index contributed by atoms with van der Waals surface area (Å²) in [5, 5.41) is 2.35. The number of benzene rings is 2. The third-order valence-corrected chi connectivity index (χ3v) is 2.89. The van der Waals surface area contributed by atoms with Gasteiger partial charge in [0.1, 0.15) is 5.75 Å². The standard InChI is InChI=1S/C15H17FO/c1-2-12-8-9-15(17-11-5-10-16)14-7-4-3-6-13(12)14/h3-4,6-9H,2,5,10-11H2,1H3. The molecule has 0 aliphatic rings. The fraction of sp³-hybridized carbons (Fsp3) is 0.333. The number of ether oxygens (including phenoxy) is 1. The normalized spacial score (nSPS) is 10.7. The summed E-state index contributed by atoms with van der Waals surface area (Å²) >= 11 is 0. The van der Waals surface area contributed by atoms with E-state index in [1.54, 1.807) is 0 Å². The Labute approximate surface area is 101 Å². The number of aryl methyl sites for hydroxylation is 1. The largest absolute Gasteiger partial charge is 0.493 e. The van der Waals surface area contributed by atoms with Crippen molar-refractivity contribution in [2.45, 2.75) is 19.8 Å². The Balaban J connectivity index is 2.37. The Kier molecular flexibility index (Phi) is 3.97. The third-order valence-electron chi connectivity index (χ3n) is 2.89. The second-order valence-corrected chi connectivity index (χ2v) is 4.01. The minimum atomic E-state index is -0.328. The van der Waals surface area contributed by atoms with Crippen LogP contribution in [0.25, 0.3) is 10.8 Å². The zero-order chi connectivity index (χ0) is 12.1. The molecule has 2 aromatic carbocycles. The summed E-state index contributed by atoms with van der Waals surface area (Å²) in [7, 11) is 0. The summed E-state index contributed by atoms with van der Waals surface area (Å²) < 4.78 is 17.7. The van der Waals surface area contributed by atoms with Gasteiger partial charge in [0.25, 0.3) is 0 Å². The average Bonchev–Trinajstić information content (AvgIpc) is 2.39. The van der Waals surface area contributed by atoms with E-state index in [-0.39, 0.29) is 6.67 Å². The molecule has 0 heterocycles. The highest BCUT2D eigenvalue weighted by atomic mass is 19.1. The van der Waals surface area contributed by atoms with Crippen LogP contribution in [0.15, 0.2) is 36.4 Å². The zero-order valence-electron chi connectivity index (χ0n) is 10.1. The van der Waals surface area contributed by atoms with Crippen LogP contribution >= 0.6 is 0 Å². The van der Waals surface area contributed by atoms with Gasteiger partial charge in [-0.15, -0.1) is 0 Å². The molecule has 2 heteroatoms. The Morgan fingerprint density at radius 2 is 1.82 bits per heavy atom. The molecule has 0 aromatic heterocycles. The summed E-state index contributed by atoms with van der Waals surface area (Å²) in [5.41, 5.74) is 1.32. The lowest BCUT2D eigenvalue weighted by atomic mass is 10.0. The summed E-state index contributed by atoms with van der Waals surface area (Å²) in [6, 6.07) is 12.3. The van der Waals surface area contributed by atoms with Gasteiger partial charge in [0, 0.05) is 11.8 Å². The first-order chi connectivity index (χ1) is 8.36. The molecule has 0 saturated heterocycles. The van der Waals surface area contributed by atoms with E-state index < -0.39 is 0 Å².